The van der Waals surface area contributed by atoms with Gasteiger partial charge in [0, 0.05) is 27.3 Å². The summed E-state index contributed by atoms with van der Waals surface area (Å²) in [7, 11) is 0. The summed E-state index contributed by atoms with van der Waals surface area (Å²) in [4.78, 5) is 5.58. The maximum Gasteiger partial charge on any atom is 0.0896 e. The minimum absolute atomic E-state index is 0.365. The lowest BCUT2D eigenvalue weighted by molar-refractivity contribution is 0.774. The van der Waals surface area contributed by atoms with Gasteiger partial charge < -0.3 is 0 Å². The average Bonchev–Trinajstić information content (AvgIpc) is 2.73. The number of benzene rings is 1. The SMILES string of the molecule is Cc1ncc(CC(CCl)c2ccc(Br)cc2)s1. The highest BCUT2D eigenvalue weighted by Gasteiger charge is 2.12. The van der Waals surface area contributed by atoms with Crippen LogP contribution in [-0.4, -0.2) is 10.9 Å². The van der Waals surface area contributed by atoms with Gasteiger partial charge in [-0.1, -0.05) is 28.1 Å². The Labute approximate surface area is 119 Å². The predicted molar refractivity (Wildman–Crippen MR) is 78.2 cm³/mol. The van der Waals surface area contributed by atoms with Gasteiger partial charge >= 0.3 is 0 Å². The zero-order valence-electron chi connectivity index (χ0n) is 9.49. The minimum atomic E-state index is 0.365. The summed E-state index contributed by atoms with van der Waals surface area (Å²) in [6.07, 6.45) is 2.93. The number of nitrogens with zero attached hydrogens (tertiary/aromatic N) is 1. The zero-order valence-corrected chi connectivity index (χ0v) is 12.6. The molecule has 2 aromatic rings. The van der Waals surface area contributed by atoms with E-state index in [1.807, 2.05) is 13.1 Å². The first-order valence-corrected chi connectivity index (χ1v) is 7.56. The first kappa shape index (κ1) is 13.1. The predicted octanol–water partition coefficient (Wildman–Crippen LogP) is 4.78. The Balaban J connectivity index is 2.13. The third-order valence-electron chi connectivity index (χ3n) is 2.64. The summed E-state index contributed by atoms with van der Waals surface area (Å²) in [5.41, 5.74) is 1.29. The van der Waals surface area contributed by atoms with Gasteiger partial charge in [0.25, 0.3) is 0 Å². The molecule has 17 heavy (non-hydrogen) atoms. The molecule has 4 heteroatoms. The van der Waals surface area contributed by atoms with Crippen molar-refractivity contribution < 1.29 is 0 Å². The van der Waals surface area contributed by atoms with E-state index in [0.717, 1.165) is 15.9 Å². The van der Waals surface area contributed by atoms with Gasteiger partial charge in [-0.3, -0.25) is 0 Å². The summed E-state index contributed by atoms with van der Waals surface area (Å²) in [6.45, 7) is 2.03. The molecule has 1 aromatic heterocycles. The lowest BCUT2D eigenvalue weighted by atomic mass is 9.97. The monoisotopic (exact) mass is 329 g/mol. The van der Waals surface area contributed by atoms with Crippen molar-refractivity contribution in [3.63, 3.8) is 0 Å². The van der Waals surface area contributed by atoms with Crippen LogP contribution in [0.1, 0.15) is 21.4 Å². The number of alkyl halides is 1. The van der Waals surface area contributed by atoms with Gasteiger partial charge in [-0.15, -0.1) is 22.9 Å². The quantitative estimate of drug-likeness (QED) is 0.735. The van der Waals surface area contributed by atoms with E-state index < -0.39 is 0 Å². The highest BCUT2D eigenvalue weighted by molar-refractivity contribution is 9.10. The lowest BCUT2D eigenvalue weighted by Gasteiger charge is -2.13. The van der Waals surface area contributed by atoms with Gasteiger partial charge in [-0.05, 0) is 31.0 Å². The Kier molecular flexibility index (Phi) is 4.60. The van der Waals surface area contributed by atoms with Crippen LogP contribution in [0.5, 0.6) is 0 Å². The van der Waals surface area contributed by atoms with Crippen LogP contribution in [-0.2, 0) is 6.42 Å². The highest BCUT2D eigenvalue weighted by Crippen LogP contribution is 2.26. The van der Waals surface area contributed by atoms with Crippen LogP contribution in [0.4, 0.5) is 0 Å². The van der Waals surface area contributed by atoms with Crippen molar-refractivity contribution >= 4 is 38.9 Å². The van der Waals surface area contributed by atoms with Gasteiger partial charge in [0.2, 0.25) is 0 Å². The molecule has 2 rings (SSSR count). The Hall–Kier alpha value is -0.380. The molecule has 1 nitrogen and oxygen atoms in total. The van der Waals surface area contributed by atoms with Crippen LogP contribution in [0.15, 0.2) is 34.9 Å². The number of halogens is 2. The molecule has 0 aliphatic rings. The molecule has 0 bridgehead atoms. The van der Waals surface area contributed by atoms with Crippen LogP contribution in [0.25, 0.3) is 0 Å². The molecule has 0 amide bonds. The van der Waals surface area contributed by atoms with Crippen molar-refractivity contribution in [1.29, 1.82) is 0 Å². The molecule has 1 aromatic carbocycles. The Bertz CT molecular complexity index is 480. The minimum Gasteiger partial charge on any atom is -0.250 e. The van der Waals surface area contributed by atoms with Crippen molar-refractivity contribution in [1.82, 2.24) is 4.98 Å². The molecule has 0 spiro atoms. The summed E-state index contributed by atoms with van der Waals surface area (Å²) >= 11 is 11.3. The van der Waals surface area contributed by atoms with Crippen molar-refractivity contribution in [3.8, 4) is 0 Å². The fourth-order valence-electron chi connectivity index (χ4n) is 1.74. The van der Waals surface area contributed by atoms with E-state index in [2.05, 4.69) is 45.2 Å². The number of aromatic nitrogens is 1. The van der Waals surface area contributed by atoms with E-state index in [0.29, 0.717) is 11.8 Å². The number of aryl methyl sites for hydroxylation is 1. The van der Waals surface area contributed by atoms with Gasteiger partial charge in [0.1, 0.15) is 0 Å². The van der Waals surface area contributed by atoms with Gasteiger partial charge in [0.05, 0.1) is 5.01 Å². The van der Waals surface area contributed by atoms with Crippen molar-refractivity contribution in [2.24, 2.45) is 0 Å². The van der Waals surface area contributed by atoms with E-state index in [1.165, 1.54) is 10.4 Å². The maximum absolute atomic E-state index is 6.07. The normalized spacial score (nSPS) is 12.6. The molecule has 90 valence electrons. The smallest absolute Gasteiger partial charge is 0.0896 e. The first-order valence-electron chi connectivity index (χ1n) is 5.42. The molecular formula is C13H13BrClNS. The molecule has 0 aliphatic carbocycles. The second kappa shape index (κ2) is 5.98. The fraction of sp³-hybridized carbons (Fsp3) is 0.308. The molecule has 0 N–H and O–H groups in total. The Morgan fingerprint density at radius 1 is 1.35 bits per heavy atom. The molecule has 1 atom stereocenters. The highest BCUT2D eigenvalue weighted by atomic mass is 79.9. The number of hydrogen-bond donors (Lipinski definition) is 0. The van der Waals surface area contributed by atoms with Crippen LogP contribution in [0.3, 0.4) is 0 Å². The van der Waals surface area contributed by atoms with Crippen LogP contribution >= 0.6 is 38.9 Å². The molecule has 0 saturated heterocycles. The number of rotatable bonds is 4. The fourth-order valence-corrected chi connectivity index (χ4v) is 3.17. The summed E-state index contributed by atoms with van der Waals surface area (Å²) in [5, 5.41) is 1.11. The molecule has 0 aliphatic heterocycles. The standard InChI is InChI=1S/C13H13BrClNS/c1-9-16-8-13(17-9)6-11(7-15)10-2-4-12(14)5-3-10/h2-5,8,11H,6-7H2,1H3. The number of hydrogen-bond acceptors (Lipinski definition) is 2. The molecule has 1 unspecified atom stereocenters. The molecular weight excluding hydrogens is 318 g/mol. The van der Waals surface area contributed by atoms with Gasteiger partial charge in [-0.25, -0.2) is 4.98 Å². The topological polar surface area (TPSA) is 12.9 Å². The van der Waals surface area contributed by atoms with Crippen molar-refractivity contribution in [2.45, 2.75) is 19.3 Å². The average molecular weight is 331 g/mol. The molecule has 0 radical (unpaired) electrons. The van der Waals surface area contributed by atoms with Crippen LogP contribution < -0.4 is 0 Å². The Morgan fingerprint density at radius 3 is 2.59 bits per heavy atom. The summed E-state index contributed by atoms with van der Waals surface area (Å²) < 4.78 is 1.10. The maximum atomic E-state index is 6.07. The largest absolute Gasteiger partial charge is 0.250 e. The van der Waals surface area contributed by atoms with E-state index in [-0.39, 0.29) is 0 Å². The summed E-state index contributed by atoms with van der Waals surface area (Å²) in [6, 6.07) is 8.38. The van der Waals surface area contributed by atoms with Crippen molar-refractivity contribution in [3.05, 3.63) is 50.4 Å². The molecule has 0 fully saturated rings. The zero-order chi connectivity index (χ0) is 12.3. The Morgan fingerprint density at radius 2 is 2.06 bits per heavy atom. The third kappa shape index (κ3) is 3.54. The van der Waals surface area contributed by atoms with Crippen LogP contribution in [0, 0.1) is 6.92 Å². The van der Waals surface area contributed by atoms with Gasteiger partial charge in [-0.2, -0.15) is 0 Å². The van der Waals surface area contributed by atoms with E-state index in [9.17, 15) is 0 Å². The molecule has 0 saturated carbocycles. The van der Waals surface area contributed by atoms with E-state index >= 15 is 0 Å². The first-order chi connectivity index (χ1) is 8.19. The van der Waals surface area contributed by atoms with Crippen molar-refractivity contribution in [2.75, 3.05) is 5.88 Å². The second-order valence-electron chi connectivity index (χ2n) is 3.95. The third-order valence-corrected chi connectivity index (χ3v) is 4.48. The molecule has 1 heterocycles. The summed E-state index contributed by atoms with van der Waals surface area (Å²) in [5.74, 6) is 1.00. The van der Waals surface area contributed by atoms with Crippen LogP contribution in [0.2, 0.25) is 0 Å². The van der Waals surface area contributed by atoms with E-state index in [1.54, 1.807) is 11.3 Å². The lowest BCUT2D eigenvalue weighted by Crippen LogP contribution is -2.03. The number of thiazole rings is 1. The second-order valence-corrected chi connectivity index (χ2v) is 6.50. The van der Waals surface area contributed by atoms with E-state index in [4.69, 9.17) is 11.6 Å². The van der Waals surface area contributed by atoms with Gasteiger partial charge in [0.15, 0.2) is 0 Å².